The zero-order valence-electron chi connectivity index (χ0n) is 10.1. The van der Waals surface area contributed by atoms with Gasteiger partial charge in [-0.1, -0.05) is 21.1 Å². The minimum atomic E-state index is -0.197. The van der Waals surface area contributed by atoms with Gasteiger partial charge in [0.15, 0.2) is 5.82 Å². The van der Waals surface area contributed by atoms with Gasteiger partial charge in [-0.25, -0.2) is 0 Å². The van der Waals surface area contributed by atoms with Gasteiger partial charge in [-0.2, -0.15) is 4.98 Å². The van der Waals surface area contributed by atoms with Gasteiger partial charge in [-0.3, -0.25) is 0 Å². The number of benzene rings is 1. The largest absolute Gasteiger partial charge is 0.393 e. The quantitative estimate of drug-likeness (QED) is 0.864. The molecule has 1 heterocycles. The molecule has 6 heteroatoms. The van der Waals surface area contributed by atoms with E-state index in [1.54, 1.807) is 11.8 Å². The predicted molar refractivity (Wildman–Crippen MR) is 76.0 cm³/mol. The van der Waals surface area contributed by atoms with E-state index >= 15 is 0 Å². The van der Waals surface area contributed by atoms with Gasteiger partial charge in [0, 0.05) is 15.3 Å². The van der Waals surface area contributed by atoms with Gasteiger partial charge in [-0.15, -0.1) is 11.8 Å². The average Bonchev–Trinajstić information content (AvgIpc) is 2.83. The molecule has 0 saturated heterocycles. The van der Waals surface area contributed by atoms with Crippen molar-refractivity contribution in [3.05, 3.63) is 40.5 Å². The number of rotatable bonds is 4. The summed E-state index contributed by atoms with van der Waals surface area (Å²) in [7, 11) is 0. The minimum absolute atomic E-state index is 0.197. The molecular formula is C13H13BrN2O2S. The van der Waals surface area contributed by atoms with E-state index in [1.807, 2.05) is 12.1 Å². The Bertz CT molecular complexity index is 552. The summed E-state index contributed by atoms with van der Waals surface area (Å²) in [5.74, 6) is 2.32. The highest BCUT2D eigenvalue weighted by molar-refractivity contribution is 9.10. The summed E-state index contributed by atoms with van der Waals surface area (Å²) in [6.45, 7) is 0. The highest BCUT2D eigenvalue weighted by atomic mass is 79.9. The number of thioether (sulfide) groups is 1. The van der Waals surface area contributed by atoms with Crippen LogP contribution in [0.4, 0.5) is 0 Å². The predicted octanol–water partition coefficient (Wildman–Crippen LogP) is 3.36. The normalized spacial score (nSPS) is 22.2. The molecule has 1 aromatic carbocycles. The molecule has 2 aromatic rings. The van der Waals surface area contributed by atoms with Gasteiger partial charge in [0.25, 0.3) is 0 Å². The molecule has 1 aromatic heterocycles. The number of aliphatic hydroxyl groups is 1. The Labute approximate surface area is 123 Å². The van der Waals surface area contributed by atoms with E-state index in [0.717, 1.165) is 17.3 Å². The lowest BCUT2D eigenvalue weighted by Crippen LogP contribution is -2.26. The molecule has 1 aliphatic carbocycles. The summed E-state index contributed by atoms with van der Waals surface area (Å²) in [4.78, 5) is 5.55. The molecule has 0 bridgehead atoms. The van der Waals surface area contributed by atoms with Crippen molar-refractivity contribution >= 4 is 27.7 Å². The summed E-state index contributed by atoms with van der Waals surface area (Å²) in [5.41, 5.74) is 0. The van der Waals surface area contributed by atoms with Crippen LogP contribution in [0.1, 0.15) is 30.5 Å². The number of nitrogens with zero attached hydrogens (tertiary/aromatic N) is 2. The number of aromatic nitrogens is 2. The standard InChI is InChI=1S/C13H13BrN2O2S/c14-9-1-3-11(4-2-9)19-7-12-15-13(18-16-12)8-5-10(17)6-8/h1-4,8,10,17H,5-7H2. The second kappa shape index (κ2) is 5.64. The Hall–Kier alpha value is -0.850. The minimum Gasteiger partial charge on any atom is -0.393 e. The molecule has 1 N–H and O–H groups in total. The Kier molecular flexibility index (Phi) is 3.91. The molecule has 4 nitrogen and oxygen atoms in total. The highest BCUT2D eigenvalue weighted by Crippen LogP contribution is 2.36. The van der Waals surface area contributed by atoms with E-state index in [4.69, 9.17) is 4.52 Å². The molecule has 3 rings (SSSR count). The number of halogens is 1. The van der Waals surface area contributed by atoms with Crippen LogP contribution in [-0.2, 0) is 5.75 Å². The van der Waals surface area contributed by atoms with Crippen molar-refractivity contribution in [1.82, 2.24) is 10.1 Å². The maximum Gasteiger partial charge on any atom is 0.229 e. The second-order valence-electron chi connectivity index (χ2n) is 4.61. The molecule has 19 heavy (non-hydrogen) atoms. The van der Waals surface area contributed by atoms with Crippen molar-refractivity contribution < 1.29 is 9.63 Å². The number of hydrogen-bond donors (Lipinski definition) is 1. The van der Waals surface area contributed by atoms with Crippen molar-refractivity contribution in [2.24, 2.45) is 0 Å². The molecule has 0 amide bonds. The average molecular weight is 341 g/mol. The van der Waals surface area contributed by atoms with E-state index in [9.17, 15) is 5.11 Å². The summed E-state index contributed by atoms with van der Waals surface area (Å²) >= 11 is 5.09. The molecule has 0 aliphatic heterocycles. The Morgan fingerprint density at radius 2 is 2.05 bits per heavy atom. The first-order chi connectivity index (χ1) is 9.20. The molecule has 1 aliphatic rings. The van der Waals surface area contributed by atoms with Crippen LogP contribution in [0.5, 0.6) is 0 Å². The summed E-state index contributed by atoms with van der Waals surface area (Å²) in [6.07, 6.45) is 1.28. The lowest BCUT2D eigenvalue weighted by molar-refractivity contribution is 0.0625. The number of hydrogen-bond acceptors (Lipinski definition) is 5. The monoisotopic (exact) mass is 340 g/mol. The highest BCUT2D eigenvalue weighted by Gasteiger charge is 2.32. The van der Waals surface area contributed by atoms with Crippen molar-refractivity contribution in [2.45, 2.75) is 35.5 Å². The van der Waals surface area contributed by atoms with E-state index in [2.05, 4.69) is 38.2 Å². The lowest BCUT2D eigenvalue weighted by atomic mass is 9.82. The van der Waals surface area contributed by atoms with Gasteiger partial charge >= 0.3 is 0 Å². The van der Waals surface area contributed by atoms with Gasteiger partial charge in [-0.05, 0) is 37.1 Å². The van der Waals surface area contributed by atoms with Gasteiger partial charge < -0.3 is 9.63 Å². The van der Waals surface area contributed by atoms with E-state index < -0.39 is 0 Å². The SMILES string of the molecule is OC1CC(c2nc(CSc3ccc(Br)cc3)no2)C1. The molecule has 0 unspecified atom stereocenters. The first-order valence-electron chi connectivity index (χ1n) is 6.09. The summed E-state index contributed by atoms with van der Waals surface area (Å²) in [5, 5.41) is 13.2. The van der Waals surface area contributed by atoms with Crippen molar-refractivity contribution in [1.29, 1.82) is 0 Å². The molecule has 100 valence electrons. The van der Waals surface area contributed by atoms with Crippen LogP contribution in [0.15, 0.2) is 38.2 Å². The molecular weight excluding hydrogens is 328 g/mol. The maximum absolute atomic E-state index is 9.26. The zero-order valence-corrected chi connectivity index (χ0v) is 12.5. The molecule has 0 radical (unpaired) electrons. The molecule has 1 fully saturated rings. The van der Waals surface area contributed by atoms with Gasteiger partial charge in [0.2, 0.25) is 5.89 Å². The Balaban J connectivity index is 1.57. The fourth-order valence-corrected chi connectivity index (χ4v) is 2.97. The summed E-state index contributed by atoms with van der Waals surface area (Å²) in [6, 6.07) is 8.13. The summed E-state index contributed by atoms with van der Waals surface area (Å²) < 4.78 is 6.30. The van der Waals surface area contributed by atoms with E-state index in [0.29, 0.717) is 17.5 Å². The third-order valence-corrected chi connectivity index (χ3v) is 4.66. The van der Waals surface area contributed by atoms with Crippen molar-refractivity contribution in [2.75, 3.05) is 0 Å². The lowest BCUT2D eigenvalue weighted by Gasteiger charge is -2.27. The molecule has 0 spiro atoms. The van der Waals surface area contributed by atoms with Crippen molar-refractivity contribution in [3.63, 3.8) is 0 Å². The molecule has 1 saturated carbocycles. The van der Waals surface area contributed by atoms with Crippen LogP contribution in [0.2, 0.25) is 0 Å². The Morgan fingerprint density at radius 1 is 1.32 bits per heavy atom. The maximum atomic E-state index is 9.26. The van der Waals surface area contributed by atoms with Crippen LogP contribution < -0.4 is 0 Å². The smallest absolute Gasteiger partial charge is 0.229 e. The molecule has 0 atom stereocenters. The first kappa shape index (κ1) is 13.1. The van der Waals surface area contributed by atoms with E-state index in [-0.39, 0.29) is 12.0 Å². The third-order valence-electron chi connectivity index (χ3n) is 3.13. The second-order valence-corrected chi connectivity index (χ2v) is 6.58. The number of aliphatic hydroxyl groups excluding tert-OH is 1. The van der Waals surface area contributed by atoms with Crippen LogP contribution in [0.25, 0.3) is 0 Å². The third kappa shape index (κ3) is 3.19. The van der Waals surface area contributed by atoms with Gasteiger partial charge in [0.05, 0.1) is 11.9 Å². The van der Waals surface area contributed by atoms with E-state index in [1.165, 1.54) is 4.90 Å². The van der Waals surface area contributed by atoms with Crippen molar-refractivity contribution in [3.8, 4) is 0 Å². The topological polar surface area (TPSA) is 59.2 Å². The first-order valence-corrected chi connectivity index (χ1v) is 7.87. The zero-order chi connectivity index (χ0) is 13.2. The van der Waals surface area contributed by atoms with Gasteiger partial charge in [0.1, 0.15) is 0 Å². The van der Waals surface area contributed by atoms with Crippen LogP contribution >= 0.6 is 27.7 Å². The fraction of sp³-hybridized carbons (Fsp3) is 0.385. The Morgan fingerprint density at radius 3 is 2.74 bits per heavy atom. The van der Waals surface area contributed by atoms with Crippen LogP contribution in [0, 0.1) is 0 Å². The fourth-order valence-electron chi connectivity index (χ4n) is 1.96. The van der Waals surface area contributed by atoms with Crippen LogP contribution in [0.3, 0.4) is 0 Å². The van der Waals surface area contributed by atoms with Crippen LogP contribution in [-0.4, -0.2) is 21.4 Å².